The number of anilines is 1. The van der Waals surface area contributed by atoms with Crippen molar-refractivity contribution in [3.8, 4) is 0 Å². The summed E-state index contributed by atoms with van der Waals surface area (Å²) < 4.78 is 1.60. The van der Waals surface area contributed by atoms with Gasteiger partial charge in [-0.1, -0.05) is 0 Å². The molecular formula is C10H13N3O2. The topological polar surface area (TPSA) is 84.0 Å². The summed E-state index contributed by atoms with van der Waals surface area (Å²) in [6.07, 6.45) is 0.567. The van der Waals surface area contributed by atoms with Crippen molar-refractivity contribution >= 4 is 16.7 Å². The van der Waals surface area contributed by atoms with Gasteiger partial charge in [0.05, 0.1) is 11.0 Å². The molecule has 0 aliphatic rings. The number of rotatable bonds is 3. The minimum absolute atomic E-state index is 0.0775. The molecule has 2 rings (SSSR count). The van der Waals surface area contributed by atoms with Crippen molar-refractivity contribution in [1.82, 2.24) is 9.55 Å². The van der Waals surface area contributed by atoms with Crippen LogP contribution in [-0.2, 0) is 6.54 Å². The molecule has 0 bridgehead atoms. The van der Waals surface area contributed by atoms with Gasteiger partial charge in [0.15, 0.2) is 0 Å². The van der Waals surface area contributed by atoms with Crippen LogP contribution in [0, 0.1) is 0 Å². The van der Waals surface area contributed by atoms with Crippen LogP contribution in [0.2, 0.25) is 0 Å². The second kappa shape index (κ2) is 3.78. The molecule has 0 radical (unpaired) electrons. The van der Waals surface area contributed by atoms with Gasteiger partial charge in [-0.3, -0.25) is 4.57 Å². The molecule has 0 aliphatic heterocycles. The lowest BCUT2D eigenvalue weighted by Gasteiger charge is -2.01. The van der Waals surface area contributed by atoms with Crippen LogP contribution in [0.3, 0.4) is 0 Å². The number of nitrogens with one attached hydrogen (secondary N) is 1. The molecule has 0 spiro atoms. The van der Waals surface area contributed by atoms with Crippen molar-refractivity contribution in [3.05, 3.63) is 28.7 Å². The molecule has 0 aliphatic carbocycles. The van der Waals surface area contributed by atoms with Crippen LogP contribution in [0.15, 0.2) is 23.0 Å². The highest BCUT2D eigenvalue weighted by Crippen LogP contribution is 2.13. The predicted octanol–water partition coefficient (Wildman–Crippen LogP) is 0.294. The van der Waals surface area contributed by atoms with Crippen LogP contribution in [0.1, 0.15) is 6.42 Å². The van der Waals surface area contributed by atoms with E-state index in [4.69, 9.17) is 10.8 Å². The molecule has 0 unspecified atom stereocenters. The highest BCUT2D eigenvalue weighted by molar-refractivity contribution is 5.78. The number of aliphatic hydroxyl groups is 1. The summed E-state index contributed by atoms with van der Waals surface area (Å²) in [6, 6.07) is 5.29. The van der Waals surface area contributed by atoms with Crippen molar-refractivity contribution in [2.75, 3.05) is 12.3 Å². The number of aromatic nitrogens is 2. The average Bonchev–Trinajstić information content (AvgIpc) is 2.50. The molecule has 0 saturated carbocycles. The number of aromatic amines is 1. The molecule has 0 atom stereocenters. The molecule has 2 aromatic rings. The van der Waals surface area contributed by atoms with Gasteiger partial charge in [-0.2, -0.15) is 0 Å². The van der Waals surface area contributed by atoms with Gasteiger partial charge in [-0.15, -0.1) is 0 Å². The molecule has 5 heteroatoms. The third kappa shape index (κ3) is 1.73. The smallest absolute Gasteiger partial charge is 0.326 e. The van der Waals surface area contributed by atoms with E-state index in [1.807, 2.05) is 0 Å². The number of aryl methyl sites for hydroxylation is 1. The van der Waals surface area contributed by atoms with E-state index in [1.165, 1.54) is 0 Å². The number of fused-ring (bicyclic) bond motifs is 1. The number of hydrogen-bond donors (Lipinski definition) is 3. The first-order chi connectivity index (χ1) is 7.22. The Morgan fingerprint density at radius 3 is 3.00 bits per heavy atom. The highest BCUT2D eigenvalue weighted by Gasteiger charge is 2.05. The zero-order valence-corrected chi connectivity index (χ0v) is 8.23. The van der Waals surface area contributed by atoms with Crippen molar-refractivity contribution in [2.45, 2.75) is 13.0 Å². The number of aliphatic hydroxyl groups excluding tert-OH is 1. The lowest BCUT2D eigenvalue weighted by Crippen LogP contribution is -2.17. The van der Waals surface area contributed by atoms with E-state index in [-0.39, 0.29) is 12.3 Å². The first-order valence-electron chi connectivity index (χ1n) is 4.81. The lowest BCUT2D eigenvalue weighted by atomic mass is 10.3. The van der Waals surface area contributed by atoms with Gasteiger partial charge in [0.25, 0.3) is 0 Å². The Balaban J connectivity index is 2.53. The van der Waals surface area contributed by atoms with E-state index < -0.39 is 0 Å². The van der Waals surface area contributed by atoms with Crippen LogP contribution < -0.4 is 11.4 Å². The number of nitrogen functional groups attached to an aromatic ring is 1. The van der Waals surface area contributed by atoms with Crippen molar-refractivity contribution in [3.63, 3.8) is 0 Å². The first kappa shape index (κ1) is 9.79. The Bertz CT molecular complexity index is 527. The molecule has 0 amide bonds. The Kier molecular flexibility index (Phi) is 2.47. The van der Waals surface area contributed by atoms with E-state index in [1.54, 1.807) is 22.8 Å². The minimum Gasteiger partial charge on any atom is -0.399 e. The number of nitrogens with two attached hydrogens (primary N) is 1. The second-order valence-electron chi connectivity index (χ2n) is 3.44. The number of hydrogen-bond acceptors (Lipinski definition) is 3. The van der Waals surface area contributed by atoms with Gasteiger partial charge in [0, 0.05) is 18.8 Å². The molecule has 1 heterocycles. The fraction of sp³-hybridized carbons (Fsp3) is 0.300. The monoisotopic (exact) mass is 207 g/mol. The summed E-state index contributed by atoms with van der Waals surface area (Å²) in [4.78, 5) is 14.3. The fourth-order valence-corrected chi connectivity index (χ4v) is 1.63. The maximum absolute atomic E-state index is 11.5. The third-order valence-electron chi connectivity index (χ3n) is 2.34. The maximum atomic E-state index is 11.5. The van der Waals surface area contributed by atoms with Crippen LogP contribution in [0.5, 0.6) is 0 Å². The SMILES string of the molecule is Nc1ccc2c(c1)[nH]c(=O)n2CCCO. The predicted molar refractivity (Wildman–Crippen MR) is 58.7 cm³/mol. The van der Waals surface area contributed by atoms with Gasteiger partial charge in [0.2, 0.25) is 0 Å². The summed E-state index contributed by atoms with van der Waals surface area (Å²) in [5, 5.41) is 8.73. The summed E-state index contributed by atoms with van der Waals surface area (Å²) in [5.41, 5.74) is 7.63. The summed E-state index contributed by atoms with van der Waals surface area (Å²) in [6.45, 7) is 0.591. The quantitative estimate of drug-likeness (QED) is 0.633. The maximum Gasteiger partial charge on any atom is 0.326 e. The minimum atomic E-state index is -0.163. The molecule has 4 N–H and O–H groups in total. The van der Waals surface area contributed by atoms with Crippen molar-refractivity contribution in [2.24, 2.45) is 0 Å². The van der Waals surface area contributed by atoms with Crippen LogP contribution in [0.4, 0.5) is 5.69 Å². The Morgan fingerprint density at radius 2 is 2.27 bits per heavy atom. The molecular weight excluding hydrogens is 194 g/mol. The molecule has 1 aromatic carbocycles. The number of nitrogens with zero attached hydrogens (tertiary/aromatic N) is 1. The largest absolute Gasteiger partial charge is 0.399 e. The number of benzene rings is 1. The Labute approximate surface area is 86.1 Å². The third-order valence-corrected chi connectivity index (χ3v) is 2.34. The molecule has 0 fully saturated rings. The molecule has 0 saturated heterocycles. The summed E-state index contributed by atoms with van der Waals surface area (Å²) in [5.74, 6) is 0. The van der Waals surface area contributed by atoms with Crippen LogP contribution in [0.25, 0.3) is 11.0 Å². The van der Waals surface area contributed by atoms with Gasteiger partial charge >= 0.3 is 5.69 Å². The molecule has 80 valence electrons. The first-order valence-corrected chi connectivity index (χ1v) is 4.81. The van der Waals surface area contributed by atoms with Gasteiger partial charge in [0.1, 0.15) is 0 Å². The highest BCUT2D eigenvalue weighted by atomic mass is 16.3. The van der Waals surface area contributed by atoms with Gasteiger partial charge in [-0.25, -0.2) is 4.79 Å². The Hall–Kier alpha value is -1.75. The summed E-state index contributed by atoms with van der Waals surface area (Å²) in [7, 11) is 0. The van der Waals surface area contributed by atoms with E-state index >= 15 is 0 Å². The average molecular weight is 207 g/mol. The lowest BCUT2D eigenvalue weighted by molar-refractivity contribution is 0.280. The molecule has 1 aromatic heterocycles. The van der Waals surface area contributed by atoms with Crippen molar-refractivity contribution in [1.29, 1.82) is 0 Å². The van der Waals surface area contributed by atoms with Crippen LogP contribution >= 0.6 is 0 Å². The van der Waals surface area contributed by atoms with E-state index in [0.717, 1.165) is 11.0 Å². The second-order valence-corrected chi connectivity index (χ2v) is 3.44. The van der Waals surface area contributed by atoms with E-state index in [2.05, 4.69) is 4.98 Å². The normalized spacial score (nSPS) is 11.0. The van der Waals surface area contributed by atoms with E-state index in [0.29, 0.717) is 18.7 Å². The zero-order chi connectivity index (χ0) is 10.8. The van der Waals surface area contributed by atoms with Crippen molar-refractivity contribution < 1.29 is 5.11 Å². The standard InChI is InChI=1S/C10H13N3O2/c11-7-2-3-9-8(6-7)12-10(15)13(9)4-1-5-14/h2-3,6,14H,1,4-5,11H2,(H,12,15). The van der Waals surface area contributed by atoms with E-state index in [9.17, 15) is 4.79 Å². The zero-order valence-electron chi connectivity index (χ0n) is 8.23. The van der Waals surface area contributed by atoms with Gasteiger partial charge in [-0.05, 0) is 24.6 Å². The summed E-state index contributed by atoms with van der Waals surface area (Å²) >= 11 is 0. The van der Waals surface area contributed by atoms with Gasteiger partial charge < -0.3 is 15.8 Å². The number of imidazole rings is 1. The molecule has 5 nitrogen and oxygen atoms in total. The molecule has 15 heavy (non-hydrogen) atoms. The van der Waals surface area contributed by atoms with Crippen LogP contribution in [-0.4, -0.2) is 21.3 Å². The Morgan fingerprint density at radius 1 is 1.47 bits per heavy atom. The fourth-order valence-electron chi connectivity index (χ4n) is 1.63. The number of H-pyrrole nitrogens is 1.